The number of hydrogen-bond donors (Lipinski definition) is 2. The molecule has 6 rings (SSSR count). The maximum Gasteiger partial charge on any atom is 0.269 e. The van der Waals surface area contributed by atoms with Crippen molar-refractivity contribution in [3.63, 3.8) is 0 Å². The normalized spacial score (nSPS) is 15.0. The number of H-pyrrole nitrogens is 1. The molecule has 3 aromatic carbocycles. The lowest BCUT2D eigenvalue weighted by Gasteiger charge is -2.43. The summed E-state index contributed by atoms with van der Waals surface area (Å²) in [4.78, 5) is 28.0. The second-order valence-corrected chi connectivity index (χ2v) is 11.4. The average Bonchev–Trinajstić information content (AvgIpc) is 3.70. The molecule has 1 aliphatic heterocycles. The average molecular weight is 579 g/mol. The number of nitrogens with one attached hydrogen (secondary N) is 2. The van der Waals surface area contributed by atoms with Crippen LogP contribution < -0.4 is 5.32 Å². The van der Waals surface area contributed by atoms with Crippen LogP contribution in [0.4, 0.5) is 0 Å². The van der Waals surface area contributed by atoms with Crippen molar-refractivity contribution in [1.29, 1.82) is 0 Å². The molecule has 3 heterocycles. The standard InChI is InChI=1S/C34H35ClN6O/c35-29-13-11-26(12-14-29)22-41-25-39-31(32(41)33(42)37-18-15-30-21-36-24-38-30)23-40-19-16-34(17-20-40,27-7-3-1-4-8-27)28-9-5-2-6-10-28/h1-14,21,24-25H,15-20,22-23H2,(H,36,38)(H,37,42). The van der Waals surface area contributed by atoms with Gasteiger partial charge in [0.1, 0.15) is 5.69 Å². The van der Waals surface area contributed by atoms with E-state index in [1.165, 1.54) is 11.1 Å². The van der Waals surface area contributed by atoms with Crippen LogP contribution in [0.5, 0.6) is 0 Å². The van der Waals surface area contributed by atoms with E-state index in [9.17, 15) is 4.79 Å². The molecule has 7 nitrogen and oxygen atoms in total. The number of carbonyl (C=O) groups excluding carboxylic acids is 1. The Morgan fingerprint density at radius 3 is 2.19 bits per heavy atom. The van der Waals surface area contributed by atoms with Gasteiger partial charge in [-0.15, -0.1) is 0 Å². The summed E-state index contributed by atoms with van der Waals surface area (Å²) in [6, 6.07) is 29.5. The lowest BCUT2D eigenvalue weighted by molar-refractivity contribution is 0.0941. The quantitative estimate of drug-likeness (QED) is 0.217. The van der Waals surface area contributed by atoms with Crippen molar-refractivity contribution >= 4 is 17.5 Å². The number of aromatic nitrogens is 4. The molecule has 0 spiro atoms. The van der Waals surface area contributed by atoms with Crippen molar-refractivity contribution in [2.45, 2.75) is 37.8 Å². The molecule has 1 amide bonds. The molecular formula is C34H35ClN6O. The van der Waals surface area contributed by atoms with Crippen molar-refractivity contribution in [2.75, 3.05) is 19.6 Å². The molecule has 42 heavy (non-hydrogen) atoms. The maximum atomic E-state index is 13.6. The first-order valence-electron chi connectivity index (χ1n) is 14.5. The number of aromatic amines is 1. The third-order valence-corrected chi connectivity index (χ3v) is 8.62. The zero-order chi connectivity index (χ0) is 28.8. The second-order valence-electron chi connectivity index (χ2n) is 11.0. The van der Waals surface area contributed by atoms with Gasteiger partial charge in [-0.05, 0) is 54.8 Å². The first-order valence-corrected chi connectivity index (χ1v) is 14.9. The lowest BCUT2D eigenvalue weighted by Crippen LogP contribution is -2.43. The van der Waals surface area contributed by atoms with Crippen molar-refractivity contribution in [3.8, 4) is 0 Å². The van der Waals surface area contributed by atoms with Crippen LogP contribution in [0.15, 0.2) is 104 Å². The topological polar surface area (TPSA) is 78.8 Å². The van der Waals surface area contributed by atoms with Crippen LogP contribution in [-0.4, -0.2) is 50.0 Å². The third-order valence-electron chi connectivity index (χ3n) is 8.37. The predicted molar refractivity (Wildman–Crippen MR) is 166 cm³/mol. The minimum atomic E-state index is -0.115. The van der Waals surface area contributed by atoms with Gasteiger partial charge >= 0.3 is 0 Å². The number of halogens is 1. The van der Waals surface area contributed by atoms with Gasteiger partial charge in [-0.2, -0.15) is 0 Å². The highest BCUT2D eigenvalue weighted by Gasteiger charge is 2.38. The molecule has 1 aliphatic rings. The fourth-order valence-electron chi connectivity index (χ4n) is 6.09. The second kappa shape index (κ2) is 12.8. The minimum absolute atomic E-state index is 0.0279. The fourth-order valence-corrected chi connectivity index (χ4v) is 6.21. The van der Waals surface area contributed by atoms with Crippen LogP contribution in [0.25, 0.3) is 0 Å². The summed E-state index contributed by atoms with van der Waals surface area (Å²) in [5.74, 6) is -0.115. The SMILES string of the molecule is O=C(NCCc1cnc[nH]1)c1c(CN2CCC(c3ccccc3)(c3ccccc3)CC2)ncn1Cc1ccc(Cl)cc1. The first kappa shape index (κ1) is 27.9. The molecule has 5 aromatic rings. The molecule has 0 saturated carbocycles. The number of nitrogens with zero attached hydrogens (tertiary/aromatic N) is 4. The first-order chi connectivity index (χ1) is 20.6. The summed E-state index contributed by atoms with van der Waals surface area (Å²) in [7, 11) is 0. The van der Waals surface area contributed by atoms with E-state index in [4.69, 9.17) is 16.6 Å². The molecule has 0 bridgehead atoms. The third kappa shape index (κ3) is 6.17. The highest BCUT2D eigenvalue weighted by molar-refractivity contribution is 6.30. The lowest BCUT2D eigenvalue weighted by atomic mass is 9.68. The van der Waals surface area contributed by atoms with Gasteiger partial charge in [-0.3, -0.25) is 9.69 Å². The number of carbonyl (C=O) groups is 1. The van der Waals surface area contributed by atoms with E-state index in [0.717, 1.165) is 42.9 Å². The zero-order valence-electron chi connectivity index (χ0n) is 23.5. The van der Waals surface area contributed by atoms with Crippen molar-refractivity contribution in [3.05, 3.63) is 143 Å². The summed E-state index contributed by atoms with van der Waals surface area (Å²) in [5.41, 5.74) is 6.15. The van der Waals surface area contributed by atoms with Crippen LogP contribution in [0.2, 0.25) is 5.02 Å². The Balaban J connectivity index is 1.21. The van der Waals surface area contributed by atoms with Gasteiger partial charge in [0, 0.05) is 48.4 Å². The molecule has 1 saturated heterocycles. The van der Waals surface area contributed by atoms with Gasteiger partial charge in [-0.1, -0.05) is 84.4 Å². The molecular weight excluding hydrogens is 544 g/mol. The van der Waals surface area contributed by atoms with Crippen LogP contribution in [-0.2, 0) is 24.9 Å². The zero-order valence-corrected chi connectivity index (χ0v) is 24.3. The van der Waals surface area contributed by atoms with E-state index in [0.29, 0.717) is 36.8 Å². The molecule has 0 radical (unpaired) electrons. The fraction of sp³-hybridized carbons (Fsp3) is 0.265. The summed E-state index contributed by atoms with van der Waals surface area (Å²) in [5, 5.41) is 3.79. The number of likely N-dealkylation sites (tertiary alicyclic amines) is 1. The molecule has 214 valence electrons. The Morgan fingerprint density at radius 2 is 1.57 bits per heavy atom. The van der Waals surface area contributed by atoms with E-state index in [2.05, 4.69) is 80.8 Å². The molecule has 8 heteroatoms. The van der Waals surface area contributed by atoms with E-state index in [1.54, 1.807) is 18.9 Å². The van der Waals surface area contributed by atoms with E-state index >= 15 is 0 Å². The van der Waals surface area contributed by atoms with Gasteiger partial charge in [0.2, 0.25) is 0 Å². The van der Waals surface area contributed by atoms with Crippen molar-refractivity contribution in [2.24, 2.45) is 0 Å². The van der Waals surface area contributed by atoms with Crippen molar-refractivity contribution in [1.82, 2.24) is 29.7 Å². The Morgan fingerprint density at radius 1 is 0.905 bits per heavy atom. The highest BCUT2D eigenvalue weighted by Crippen LogP contribution is 2.42. The summed E-state index contributed by atoms with van der Waals surface area (Å²) in [6.07, 6.45) is 7.90. The largest absolute Gasteiger partial charge is 0.350 e. The van der Waals surface area contributed by atoms with Crippen LogP contribution in [0.1, 0.15) is 51.4 Å². The number of rotatable bonds is 10. The number of imidazole rings is 2. The summed E-state index contributed by atoms with van der Waals surface area (Å²) >= 11 is 6.11. The summed E-state index contributed by atoms with van der Waals surface area (Å²) in [6.45, 7) is 3.49. The van der Waals surface area contributed by atoms with Crippen LogP contribution in [0.3, 0.4) is 0 Å². The summed E-state index contributed by atoms with van der Waals surface area (Å²) < 4.78 is 1.95. The van der Waals surface area contributed by atoms with E-state index in [-0.39, 0.29) is 11.3 Å². The van der Waals surface area contributed by atoms with E-state index < -0.39 is 0 Å². The molecule has 0 unspecified atom stereocenters. The molecule has 0 aliphatic carbocycles. The smallest absolute Gasteiger partial charge is 0.269 e. The Kier molecular flexibility index (Phi) is 8.49. The van der Waals surface area contributed by atoms with Gasteiger partial charge in [0.15, 0.2) is 0 Å². The van der Waals surface area contributed by atoms with Gasteiger partial charge in [0.05, 0.1) is 18.3 Å². The molecule has 0 atom stereocenters. The number of benzene rings is 3. The van der Waals surface area contributed by atoms with Crippen LogP contribution in [0, 0.1) is 0 Å². The van der Waals surface area contributed by atoms with Crippen LogP contribution >= 0.6 is 11.6 Å². The predicted octanol–water partition coefficient (Wildman–Crippen LogP) is 5.86. The monoisotopic (exact) mass is 578 g/mol. The van der Waals surface area contributed by atoms with Gasteiger partial charge in [-0.25, -0.2) is 9.97 Å². The maximum absolute atomic E-state index is 13.6. The Bertz CT molecular complexity index is 1530. The van der Waals surface area contributed by atoms with Gasteiger partial charge < -0.3 is 14.9 Å². The van der Waals surface area contributed by atoms with E-state index in [1.807, 2.05) is 28.8 Å². The number of hydrogen-bond acceptors (Lipinski definition) is 4. The van der Waals surface area contributed by atoms with Gasteiger partial charge in [0.25, 0.3) is 5.91 Å². The molecule has 2 aromatic heterocycles. The Labute approximate surface area is 251 Å². The molecule has 2 N–H and O–H groups in total. The molecule has 1 fully saturated rings. The number of amides is 1. The van der Waals surface area contributed by atoms with Crippen molar-refractivity contribution < 1.29 is 4.79 Å². The highest BCUT2D eigenvalue weighted by atomic mass is 35.5. The minimum Gasteiger partial charge on any atom is -0.350 e. The Hall–Kier alpha value is -4.20. The number of piperidine rings is 1.